The van der Waals surface area contributed by atoms with Gasteiger partial charge in [0.05, 0.1) is 18.6 Å². The Hall–Kier alpha value is -1.92. The van der Waals surface area contributed by atoms with Crippen LogP contribution in [0.1, 0.15) is 80.8 Å². The first-order chi connectivity index (χ1) is 18.2. The van der Waals surface area contributed by atoms with Gasteiger partial charge in [-0.2, -0.15) is 0 Å². The highest BCUT2D eigenvalue weighted by molar-refractivity contribution is 7.42. The highest BCUT2D eigenvalue weighted by atomic mass is 31.2. The molecule has 39 heavy (non-hydrogen) atoms. The Morgan fingerprint density at radius 3 is 2.03 bits per heavy atom. The van der Waals surface area contributed by atoms with E-state index >= 15 is 0 Å². The molecule has 3 aliphatic rings. The van der Waals surface area contributed by atoms with Crippen molar-refractivity contribution >= 4 is 22.8 Å². The molecule has 0 aliphatic carbocycles. The maximum Gasteiger partial charge on any atom is 0.697 e. The third-order valence-corrected chi connectivity index (χ3v) is 9.12. The second-order valence-corrected chi connectivity index (χ2v) is 15.0. The van der Waals surface area contributed by atoms with Crippen molar-refractivity contribution in [2.24, 2.45) is 5.41 Å². The van der Waals surface area contributed by atoms with Crippen molar-refractivity contribution in [3.63, 3.8) is 0 Å². The highest BCUT2D eigenvalue weighted by Crippen LogP contribution is 2.52. The van der Waals surface area contributed by atoms with Gasteiger partial charge in [0.2, 0.25) is 0 Å². The normalized spacial score (nSPS) is 26.5. The molecular weight excluding hydrogens is 538 g/mol. The Morgan fingerprint density at radius 2 is 1.49 bits per heavy atom. The van der Waals surface area contributed by atoms with Gasteiger partial charge in [-0.1, -0.05) is 65.8 Å². The zero-order chi connectivity index (χ0) is 28.3. The Balaban J connectivity index is 1.41. The van der Waals surface area contributed by atoms with Crippen LogP contribution in [0, 0.1) is 19.3 Å². The lowest BCUT2D eigenvalue weighted by molar-refractivity contribution is -0.133. The Kier molecular flexibility index (Phi) is 7.46. The molecule has 2 aromatic carbocycles. The topological polar surface area (TPSA) is 89.5 Å². The van der Waals surface area contributed by atoms with Crippen molar-refractivity contribution in [3.8, 4) is 11.5 Å². The van der Waals surface area contributed by atoms with Crippen LogP contribution < -0.4 is 9.26 Å². The standard InChI is InChI=1S/C29H37O8P2/c1-17-9-19(10-18(2)24(17)37-39-34-15-29(16-35-39)13-32-38(31)33-14-29)23-21-11-20(27(3,4)5)12-22(28(6,7)8)25(21)36-26(23)30/h9-12,23H,13-16H2,1-8H3/q+1. The van der Waals surface area contributed by atoms with E-state index in [1.54, 1.807) is 0 Å². The van der Waals surface area contributed by atoms with Crippen LogP contribution in [-0.4, -0.2) is 32.4 Å². The number of carbonyl (C=O) groups is 1. The number of esters is 1. The fourth-order valence-electron chi connectivity index (χ4n) is 5.08. The predicted octanol–water partition coefficient (Wildman–Crippen LogP) is 7.29. The van der Waals surface area contributed by atoms with Crippen molar-refractivity contribution in [2.45, 2.75) is 72.1 Å². The van der Waals surface area contributed by atoms with Gasteiger partial charge in [-0.25, -0.2) is 0 Å². The summed E-state index contributed by atoms with van der Waals surface area (Å²) < 4.78 is 45.6. The molecule has 0 bridgehead atoms. The van der Waals surface area contributed by atoms with Crippen molar-refractivity contribution in [1.82, 2.24) is 0 Å². The molecule has 1 unspecified atom stereocenters. The first-order valence-corrected chi connectivity index (χ1v) is 15.3. The molecule has 0 N–H and O–H groups in total. The number of carbonyl (C=O) groups excluding carboxylic acids is 1. The van der Waals surface area contributed by atoms with E-state index in [2.05, 4.69) is 53.7 Å². The van der Waals surface area contributed by atoms with Gasteiger partial charge >= 0.3 is 22.8 Å². The molecule has 0 aromatic heterocycles. The Bertz CT molecular complexity index is 1280. The summed E-state index contributed by atoms with van der Waals surface area (Å²) in [6.07, 6.45) is 0. The number of hydrogen-bond donors (Lipinski definition) is 0. The molecule has 1 spiro atoms. The summed E-state index contributed by atoms with van der Waals surface area (Å²) in [6, 6.07) is 8.30. The quantitative estimate of drug-likeness (QED) is 0.214. The third-order valence-electron chi connectivity index (χ3n) is 7.43. The van der Waals surface area contributed by atoms with Gasteiger partial charge in [0, 0.05) is 15.7 Å². The van der Waals surface area contributed by atoms with Gasteiger partial charge in [0.25, 0.3) is 0 Å². The van der Waals surface area contributed by atoms with E-state index in [1.807, 2.05) is 26.0 Å². The number of ether oxygens (including phenoxy) is 1. The monoisotopic (exact) mass is 575 g/mol. The third kappa shape index (κ3) is 5.66. The average Bonchev–Trinajstić information content (AvgIpc) is 3.18. The molecule has 1 atom stereocenters. The predicted molar refractivity (Wildman–Crippen MR) is 149 cm³/mol. The van der Waals surface area contributed by atoms with Gasteiger partial charge in [-0.15, -0.1) is 9.05 Å². The van der Waals surface area contributed by atoms with E-state index < -0.39 is 28.2 Å². The van der Waals surface area contributed by atoms with Crippen LogP contribution in [0.25, 0.3) is 0 Å². The van der Waals surface area contributed by atoms with E-state index in [0.29, 0.717) is 24.7 Å². The lowest BCUT2D eigenvalue weighted by Crippen LogP contribution is -2.44. The van der Waals surface area contributed by atoms with Crippen LogP contribution >= 0.6 is 16.9 Å². The minimum atomic E-state index is -2.06. The minimum Gasteiger partial charge on any atom is -0.426 e. The van der Waals surface area contributed by atoms with Crippen LogP contribution in [0.2, 0.25) is 0 Å². The zero-order valence-electron chi connectivity index (χ0n) is 23.9. The second-order valence-electron chi connectivity index (χ2n) is 12.9. The molecule has 2 saturated heterocycles. The van der Waals surface area contributed by atoms with Gasteiger partial charge in [0.15, 0.2) is 0 Å². The van der Waals surface area contributed by atoms with Gasteiger partial charge < -0.3 is 18.3 Å². The van der Waals surface area contributed by atoms with Crippen molar-refractivity contribution in [1.29, 1.82) is 0 Å². The molecule has 3 heterocycles. The van der Waals surface area contributed by atoms with Crippen LogP contribution in [0.3, 0.4) is 0 Å². The number of benzene rings is 2. The Labute approximate surface area is 232 Å². The SMILES string of the molecule is Cc1cc(C2C(=O)Oc3c2cc(C(C)(C)C)cc3C(C)(C)C)cc(C)c1OP1OCC2(CO1)CO[P+](=O)OC2. The summed E-state index contributed by atoms with van der Waals surface area (Å²) >= 11 is 0. The van der Waals surface area contributed by atoms with Gasteiger partial charge in [-0.05, 0) is 46.9 Å². The number of rotatable bonds is 3. The molecule has 5 rings (SSSR count). The van der Waals surface area contributed by atoms with E-state index in [4.69, 9.17) is 27.4 Å². The van der Waals surface area contributed by atoms with E-state index in [9.17, 15) is 9.36 Å². The zero-order valence-corrected chi connectivity index (χ0v) is 25.7. The average molecular weight is 576 g/mol. The fraction of sp³-hybridized carbons (Fsp3) is 0.552. The highest BCUT2D eigenvalue weighted by Gasteiger charge is 2.48. The maximum atomic E-state index is 13.3. The smallest absolute Gasteiger partial charge is 0.426 e. The molecule has 0 saturated carbocycles. The largest absolute Gasteiger partial charge is 0.697 e. The summed E-state index contributed by atoms with van der Waals surface area (Å²) in [5, 5.41) is 0. The summed E-state index contributed by atoms with van der Waals surface area (Å²) in [5.74, 6) is 0.579. The van der Waals surface area contributed by atoms with Crippen molar-refractivity contribution in [3.05, 3.63) is 57.6 Å². The summed E-state index contributed by atoms with van der Waals surface area (Å²) in [6.45, 7) is 18.1. The lowest BCUT2D eigenvalue weighted by atomic mass is 9.77. The minimum absolute atomic E-state index is 0.0804. The number of hydrogen-bond acceptors (Lipinski definition) is 8. The van der Waals surface area contributed by atoms with E-state index in [1.165, 1.54) is 5.56 Å². The molecule has 0 radical (unpaired) electrons. The van der Waals surface area contributed by atoms with E-state index in [-0.39, 0.29) is 30.0 Å². The molecule has 0 amide bonds. The summed E-state index contributed by atoms with van der Waals surface area (Å²) in [5.41, 5.74) is 5.02. The van der Waals surface area contributed by atoms with Crippen molar-refractivity contribution < 1.29 is 36.7 Å². The molecule has 2 fully saturated rings. The molecule has 3 aliphatic heterocycles. The number of fused-ring (bicyclic) bond motifs is 1. The maximum absolute atomic E-state index is 13.3. The molecule has 8 nitrogen and oxygen atoms in total. The first kappa shape index (κ1) is 28.6. The lowest BCUT2D eigenvalue weighted by Gasteiger charge is -2.36. The Morgan fingerprint density at radius 1 is 0.897 bits per heavy atom. The van der Waals surface area contributed by atoms with Crippen molar-refractivity contribution in [2.75, 3.05) is 26.4 Å². The van der Waals surface area contributed by atoms with Crippen LogP contribution in [0.5, 0.6) is 11.5 Å². The molecular formula is C29H37O8P2+. The fourth-order valence-corrected chi connectivity index (χ4v) is 7.29. The van der Waals surface area contributed by atoms with Gasteiger partial charge in [0.1, 0.15) is 30.6 Å². The van der Waals surface area contributed by atoms with Gasteiger partial charge in [-0.3, -0.25) is 4.79 Å². The van der Waals surface area contributed by atoms with Crippen LogP contribution in [0.15, 0.2) is 24.3 Å². The molecule has 210 valence electrons. The first-order valence-electron chi connectivity index (χ1n) is 13.2. The van der Waals surface area contributed by atoms with E-state index in [0.717, 1.165) is 27.8 Å². The van der Waals surface area contributed by atoms with Crippen LogP contribution in [-0.2, 0) is 38.3 Å². The second kappa shape index (κ2) is 10.2. The molecule has 2 aromatic rings. The molecule has 10 heteroatoms. The number of aryl methyl sites for hydroxylation is 2. The summed E-state index contributed by atoms with van der Waals surface area (Å²) in [7, 11) is -3.69. The van der Waals surface area contributed by atoms with Crippen LogP contribution in [0.4, 0.5) is 0 Å². The summed E-state index contributed by atoms with van der Waals surface area (Å²) in [4.78, 5) is 13.3.